The maximum atomic E-state index is 11.8. The molecule has 1 saturated heterocycles. The zero-order valence-corrected chi connectivity index (χ0v) is 10.4. The van der Waals surface area contributed by atoms with E-state index in [1.165, 1.54) is 6.42 Å². The van der Waals surface area contributed by atoms with Crippen molar-refractivity contribution in [2.45, 2.75) is 45.6 Å². The molecule has 94 valence electrons. The molecule has 0 saturated carbocycles. The van der Waals surface area contributed by atoms with E-state index in [1.807, 2.05) is 11.8 Å². The van der Waals surface area contributed by atoms with Crippen molar-refractivity contribution in [2.24, 2.45) is 0 Å². The standard InChI is InChI=1S/C12H23NO3/c1-3-11-7-5-6-8-13(11)12(14)16-10-9-15-4-2/h11H,3-10H2,1-2H3. The third-order valence-electron chi connectivity index (χ3n) is 2.99. The molecule has 4 nitrogen and oxygen atoms in total. The number of carbonyl (C=O) groups excluding carboxylic acids is 1. The van der Waals surface area contributed by atoms with Crippen LogP contribution in [0, 0.1) is 0 Å². The van der Waals surface area contributed by atoms with E-state index >= 15 is 0 Å². The van der Waals surface area contributed by atoms with Crippen molar-refractivity contribution in [2.75, 3.05) is 26.4 Å². The van der Waals surface area contributed by atoms with Crippen molar-refractivity contribution < 1.29 is 14.3 Å². The van der Waals surface area contributed by atoms with Gasteiger partial charge in [0.05, 0.1) is 6.61 Å². The molecule has 0 spiro atoms. The van der Waals surface area contributed by atoms with Gasteiger partial charge in [0.25, 0.3) is 0 Å². The minimum atomic E-state index is -0.175. The Hall–Kier alpha value is -0.770. The highest BCUT2D eigenvalue weighted by Crippen LogP contribution is 2.19. The van der Waals surface area contributed by atoms with E-state index in [1.54, 1.807) is 0 Å². The van der Waals surface area contributed by atoms with Crippen LogP contribution in [0.5, 0.6) is 0 Å². The Morgan fingerprint density at radius 3 is 2.81 bits per heavy atom. The predicted octanol–water partition coefficient (Wildman–Crippen LogP) is 2.42. The largest absolute Gasteiger partial charge is 0.447 e. The van der Waals surface area contributed by atoms with Gasteiger partial charge in [0.15, 0.2) is 0 Å². The highest BCUT2D eigenvalue weighted by molar-refractivity contribution is 5.68. The number of carbonyl (C=O) groups is 1. The molecular formula is C12H23NO3. The molecule has 0 aromatic carbocycles. The molecule has 1 aliphatic heterocycles. The lowest BCUT2D eigenvalue weighted by atomic mass is 10.0. The topological polar surface area (TPSA) is 38.8 Å². The molecule has 1 atom stereocenters. The van der Waals surface area contributed by atoms with E-state index in [0.29, 0.717) is 25.9 Å². The van der Waals surface area contributed by atoms with Gasteiger partial charge in [-0.15, -0.1) is 0 Å². The second-order valence-corrected chi connectivity index (χ2v) is 4.06. The average Bonchev–Trinajstić information content (AvgIpc) is 2.34. The minimum absolute atomic E-state index is 0.175. The van der Waals surface area contributed by atoms with E-state index < -0.39 is 0 Å². The molecule has 0 aliphatic carbocycles. The number of likely N-dealkylation sites (tertiary alicyclic amines) is 1. The van der Waals surface area contributed by atoms with E-state index in [4.69, 9.17) is 9.47 Å². The molecule has 1 fully saturated rings. The molecule has 0 bridgehead atoms. The number of ether oxygens (including phenoxy) is 2. The molecule has 1 amide bonds. The first-order chi connectivity index (χ1) is 7.79. The summed E-state index contributed by atoms with van der Waals surface area (Å²) >= 11 is 0. The Labute approximate surface area is 97.9 Å². The van der Waals surface area contributed by atoms with Gasteiger partial charge < -0.3 is 14.4 Å². The molecule has 1 aliphatic rings. The lowest BCUT2D eigenvalue weighted by molar-refractivity contribution is 0.0432. The summed E-state index contributed by atoms with van der Waals surface area (Å²) in [6.45, 7) is 6.41. The normalized spacial score (nSPS) is 20.9. The minimum Gasteiger partial charge on any atom is -0.447 e. The van der Waals surface area contributed by atoms with Gasteiger partial charge in [-0.1, -0.05) is 6.92 Å². The fourth-order valence-electron chi connectivity index (χ4n) is 2.08. The van der Waals surface area contributed by atoms with Gasteiger partial charge in [-0.3, -0.25) is 0 Å². The van der Waals surface area contributed by atoms with Crippen LogP contribution in [0.3, 0.4) is 0 Å². The van der Waals surface area contributed by atoms with Crippen molar-refractivity contribution in [3.8, 4) is 0 Å². The number of rotatable bonds is 5. The Kier molecular flexibility index (Phi) is 6.23. The monoisotopic (exact) mass is 229 g/mol. The van der Waals surface area contributed by atoms with Crippen LogP contribution in [-0.2, 0) is 9.47 Å². The van der Waals surface area contributed by atoms with Crippen LogP contribution < -0.4 is 0 Å². The van der Waals surface area contributed by atoms with Crippen molar-refractivity contribution in [3.63, 3.8) is 0 Å². The molecule has 1 rings (SSSR count). The van der Waals surface area contributed by atoms with E-state index in [-0.39, 0.29) is 6.09 Å². The van der Waals surface area contributed by atoms with Crippen molar-refractivity contribution in [1.82, 2.24) is 4.90 Å². The van der Waals surface area contributed by atoms with Crippen LogP contribution in [0.25, 0.3) is 0 Å². The van der Waals surface area contributed by atoms with Gasteiger partial charge in [-0.05, 0) is 32.6 Å². The number of amides is 1. The van der Waals surface area contributed by atoms with Crippen LogP contribution >= 0.6 is 0 Å². The van der Waals surface area contributed by atoms with Crippen LogP contribution in [0.2, 0.25) is 0 Å². The van der Waals surface area contributed by atoms with Crippen molar-refractivity contribution >= 4 is 6.09 Å². The quantitative estimate of drug-likeness (QED) is 0.680. The summed E-state index contributed by atoms with van der Waals surface area (Å²) in [7, 11) is 0. The first-order valence-electron chi connectivity index (χ1n) is 6.30. The van der Waals surface area contributed by atoms with Crippen LogP contribution in [0.4, 0.5) is 4.79 Å². The second kappa shape index (κ2) is 7.49. The van der Waals surface area contributed by atoms with E-state index in [0.717, 1.165) is 25.8 Å². The average molecular weight is 229 g/mol. The number of piperidine rings is 1. The summed E-state index contributed by atoms with van der Waals surface area (Å²) in [5.74, 6) is 0. The Bertz CT molecular complexity index is 208. The summed E-state index contributed by atoms with van der Waals surface area (Å²) in [5.41, 5.74) is 0. The summed E-state index contributed by atoms with van der Waals surface area (Å²) < 4.78 is 10.3. The fraction of sp³-hybridized carbons (Fsp3) is 0.917. The molecule has 4 heteroatoms. The molecule has 16 heavy (non-hydrogen) atoms. The second-order valence-electron chi connectivity index (χ2n) is 4.06. The van der Waals surface area contributed by atoms with Crippen LogP contribution in [0.1, 0.15) is 39.5 Å². The van der Waals surface area contributed by atoms with Crippen LogP contribution in [-0.4, -0.2) is 43.4 Å². The first-order valence-corrected chi connectivity index (χ1v) is 6.30. The summed E-state index contributed by atoms with van der Waals surface area (Å²) in [4.78, 5) is 13.6. The van der Waals surface area contributed by atoms with E-state index in [2.05, 4.69) is 6.92 Å². The van der Waals surface area contributed by atoms with Gasteiger partial charge in [0.2, 0.25) is 0 Å². The maximum Gasteiger partial charge on any atom is 0.410 e. The molecule has 1 unspecified atom stereocenters. The van der Waals surface area contributed by atoms with Crippen molar-refractivity contribution in [3.05, 3.63) is 0 Å². The summed E-state index contributed by atoms with van der Waals surface area (Å²) in [5, 5.41) is 0. The number of nitrogens with zero attached hydrogens (tertiary/aromatic N) is 1. The molecular weight excluding hydrogens is 206 g/mol. The maximum absolute atomic E-state index is 11.8. The molecule has 0 N–H and O–H groups in total. The van der Waals surface area contributed by atoms with Gasteiger partial charge >= 0.3 is 6.09 Å². The molecule has 0 radical (unpaired) electrons. The molecule has 1 heterocycles. The smallest absolute Gasteiger partial charge is 0.410 e. The Morgan fingerprint density at radius 1 is 1.31 bits per heavy atom. The Morgan fingerprint density at radius 2 is 2.12 bits per heavy atom. The zero-order chi connectivity index (χ0) is 11.8. The summed E-state index contributed by atoms with van der Waals surface area (Å²) in [6, 6.07) is 0.369. The lowest BCUT2D eigenvalue weighted by Gasteiger charge is -2.34. The third-order valence-corrected chi connectivity index (χ3v) is 2.99. The zero-order valence-electron chi connectivity index (χ0n) is 10.4. The summed E-state index contributed by atoms with van der Waals surface area (Å²) in [6.07, 6.45) is 4.27. The predicted molar refractivity (Wildman–Crippen MR) is 62.5 cm³/mol. The van der Waals surface area contributed by atoms with Gasteiger partial charge in [0, 0.05) is 19.2 Å². The molecule has 0 aromatic rings. The first kappa shape index (κ1) is 13.3. The lowest BCUT2D eigenvalue weighted by Crippen LogP contribution is -2.43. The van der Waals surface area contributed by atoms with Gasteiger partial charge in [-0.25, -0.2) is 4.79 Å². The number of hydrogen-bond acceptors (Lipinski definition) is 3. The van der Waals surface area contributed by atoms with Crippen molar-refractivity contribution in [1.29, 1.82) is 0 Å². The third kappa shape index (κ3) is 4.00. The van der Waals surface area contributed by atoms with Crippen LogP contribution in [0.15, 0.2) is 0 Å². The van der Waals surface area contributed by atoms with Gasteiger partial charge in [-0.2, -0.15) is 0 Å². The highest BCUT2D eigenvalue weighted by Gasteiger charge is 2.26. The SMILES string of the molecule is CCOCCOC(=O)N1CCCCC1CC. The highest BCUT2D eigenvalue weighted by atomic mass is 16.6. The number of hydrogen-bond donors (Lipinski definition) is 0. The van der Waals surface area contributed by atoms with E-state index in [9.17, 15) is 4.79 Å². The Balaban J connectivity index is 2.27. The molecule has 0 aromatic heterocycles. The fourth-order valence-corrected chi connectivity index (χ4v) is 2.08. The van der Waals surface area contributed by atoms with Gasteiger partial charge in [0.1, 0.15) is 6.61 Å².